The number of aromatic nitrogens is 1. The van der Waals surface area contributed by atoms with E-state index in [4.69, 9.17) is 28.0 Å². The van der Waals surface area contributed by atoms with Gasteiger partial charge < -0.3 is 0 Å². The van der Waals surface area contributed by atoms with Crippen LogP contribution in [0.3, 0.4) is 0 Å². The third-order valence-electron chi connectivity index (χ3n) is 5.31. The molecule has 30 heavy (non-hydrogen) atoms. The molecule has 3 heterocycles. The normalized spacial score (nSPS) is 23.2. The highest BCUT2D eigenvalue weighted by atomic mass is 35.5. The topological polar surface area (TPSA) is 62.7 Å². The van der Waals surface area contributed by atoms with Crippen molar-refractivity contribution in [1.29, 1.82) is 0 Å². The third kappa shape index (κ3) is 2.96. The fraction of sp³-hybridized carbons (Fsp3) is 0.136. The number of imide groups is 1. The van der Waals surface area contributed by atoms with Crippen LogP contribution in [0.2, 0.25) is 10.0 Å². The van der Waals surface area contributed by atoms with Crippen LogP contribution in [0.15, 0.2) is 73.1 Å². The molecule has 2 aromatic carbocycles. The van der Waals surface area contributed by atoms with E-state index >= 15 is 0 Å². The van der Waals surface area contributed by atoms with E-state index < -0.39 is 24.0 Å². The van der Waals surface area contributed by atoms with E-state index in [2.05, 4.69) is 4.98 Å². The Kier molecular flexibility index (Phi) is 4.70. The number of benzene rings is 2. The Morgan fingerprint density at radius 2 is 1.67 bits per heavy atom. The smallest absolute Gasteiger partial charge is 0.266 e. The van der Waals surface area contributed by atoms with Gasteiger partial charge in [-0.2, -0.15) is 0 Å². The Bertz CT molecular complexity index is 1130. The Morgan fingerprint density at radius 1 is 0.867 bits per heavy atom. The zero-order valence-electron chi connectivity index (χ0n) is 15.5. The fourth-order valence-corrected chi connectivity index (χ4v) is 4.27. The van der Waals surface area contributed by atoms with Crippen molar-refractivity contribution in [2.75, 3.05) is 9.96 Å². The highest BCUT2D eigenvalue weighted by Crippen LogP contribution is 2.47. The monoisotopic (exact) mass is 439 g/mol. The molecule has 2 aliphatic heterocycles. The lowest BCUT2D eigenvalue weighted by Crippen LogP contribution is -2.37. The Morgan fingerprint density at radius 3 is 2.37 bits per heavy atom. The third-order valence-corrected chi connectivity index (χ3v) is 6.05. The van der Waals surface area contributed by atoms with Gasteiger partial charge in [-0.1, -0.05) is 47.5 Å². The summed E-state index contributed by atoms with van der Waals surface area (Å²) >= 11 is 12.1. The van der Waals surface area contributed by atoms with Crippen molar-refractivity contribution < 1.29 is 14.4 Å². The molecule has 0 aliphatic carbocycles. The van der Waals surface area contributed by atoms with Crippen LogP contribution in [-0.4, -0.2) is 22.9 Å². The van der Waals surface area contributed by atoms with Crippen LogP contribution in [0.4, 0.5) is 11.4 Å². The SMILES string of the molecule is O=C1[C@@H]2[C@@H](ON(c3ccccc3)[C@H]2c2cccnc2)C(=O)N1c1ccc(Cl)c(Cl)c1. The van der Waals surface area contributed by atoms with Gasteiger partial charge in [0, 0.05) is 12.4 Å². The number of rotatable bonds is 3. The van der Waals surface area contributed by atoms with E-state index in [0.29, 0.717) is 10.7 Å². The maximum absolute atomic E-state index is 13.5. The first-order chi connectivity index (χ1) is 14.6. The lowest BCUT2D eigenvalue weighted by atomic mass is 9.91. The van der Waals surface area contributed by atoms with Crippen LogP contribution in [0.25, 0.3) is 0 Å². The highest BCUT2D eigenvalue weighted by Gasteiger charge is 2.60. The van der Waals surface area contributed by atoms with Crippen LogP contribution >= 0.6 is 23.2 Å². The van der Waals surface area contributed by atoms with Gasteiger partial charge in [-0.15, -0.1) is 0 Å². The van der Waals surface area contributed by atoms with Crippen LogP contribution in [0.1, 0.15) is 11.6 Å². The Labute approximate surface area is 182 Å². The second-order valence-corrected chi connectivity index (χ2v) is 7.87. The second kappa shape index (κ2) is 7.40. The molecule has 0 spiro atoms. The molecule has 0 bridgehead atoms. The van der Waals surface area contributed by atoms with Gasteiger partial charge in [-0.25, -0.2) is 9.96 Å². The summed E-state index contributed by atoms with van der Waals surface area (Å²) < 4.78 is 0. The molecular weight excluding hydrogens is 425 g/mol. The van der Waals surface area contributed by atoms with Gasteiger partial charge in [0.15, 0.2) is 6.10 Å². The van der Waals surface area contributed by atoms with E-state index in [0.717, 1.165) is 16.2 Å². The van der Waals surface area contributed by atoms with Crippen LogP contribution in [0.5, 0.6) is 0 Å². The van der Waals surface area contributed by atoms with Crippen LogP contribution < -0.4 is 9.96 Å². The number of hydroxylamine groups is 1. The molecule has 0 saturated carbocycles. The molecule has 0 unspecified atom stereocenters. The number of anilines is 2. The molecule has 3 aromatic rings. The predicted octanol–water partition coefficient (Wildman–Crippen LogP) is 4.44. The van der Waals surface area contributed by atoms with E-state index in [9.17, 15) is 9.59 Å². The molecule has 2 saturated heterocycles. The van der Waals surface area contributed by atoms with Crippen molar-refractivity contribution in [2.45, 2.75) is 12.1 Å². The number of halogens is 2. The summed E-state index contributed by atoms with van der Waals surface area (Å²) in [6, 6.07) is 17.2. The summed E-state index contributed by atoms with van der Waals surface area (Å²) in [6.07, 6.45) is 2.40. The molecule has 1 aromatic heterocycles. The summed E-state index contributed by atoms with van der Waals surface area (Å²) in [6.45, 7) is 0. The number of para-hydroxylation sites is 1. The number of amides is 2. The summed E-state index contributed by atoms with van der Waals surface area (Å²) in [7, 11) is 0. The van der Waals surface area contributed by atoms with Crippen LogP contribution in [0, 0.1) is 5.92 Å². The fourth-order valence-electron chi connectivity index (χ4n) is 3.98. The molecule has 8 heteroatoms. The van der Waals surface area contributed by atoms with Gasteiger partial charge in [0.25, 0.3) is 5.91 Å². The zero-order chi connectivity index (χ0) is 20.8. The van der Waals surface area contributed by atoms with Crippen LogP contribution in [-0.2, 0) is 14.4 Å². The molecule has 3 atom stereocenters. The highest BCUT2D eigenvalue weighted by molar-refractivity contribution is 6.42. The lowest BCUT2D eigenvalue weighted by Gasteiger charge is -2.28. The Hall–Kier alpha value is -2.93. The molecule has 2 amide bonds. The largest absolute Gasteiger partial charge is 0.273 e. The predicted molar refractivity (Wildman–Crippen MR) is 113 cm³/mol. The Balaban J connectivity index is 1.58. The van der Waals surface area contributed by atoms with Crippen molar-refractivity contribution in [3.63, 3.8) is 0 Å². The molecule has 0 N–H and O–H groups in total. The quantitative estimate of drug-likeness (QED) is 0.564. The number of fused-ring (bicyclic) bond motifs is 1. The maximum Gasteiger partial charge on any atom is 0.266 e. The number of carbonyl (C=O) groups is 2. The van der Waals surface area contributed by atoms with Gasteiger partial charge in [-0.05, 0) is 42.0 Å². The molecule has 150 valence electrons. The summed E-state index contributed by atoms with van der Waals surface area (Å²) in [5.41, 5.74) is 1.90. The average Bonchev–Trinajstić information content (AvgIpc) is 3.28. The number of carbonyl (C=O) groups excluding carboxylic acids is 2. The first-order valence-electron chi connectivity index (χ1n) is 9.30. The molecule has 5 rings (SSSR count). The van der Waals surface area contributed by atoms with Crippen molar-refractivity contribution in [3.8, 4) is 0 Å². The second-order valence-electron chi connectivity index (χ2n) is 7.05. The first kappa shape index (κ1) is 19.1. The average molecular weight is 440 g/mol. The van der Waals surface area contributed by atoms with Crippen molar-refractivity contribution in [3.05, 3.63) is 88.7 Å². The van der Waals surface area contributed by atoms with Gasteiger partial charge in [-0.3, -0.25) is 19.4 Å². The number of hydrogen-bond donors (Lipinski definition) is 0. The minimum Gasteiger partial charge on any atom is -0.273 e. The molecular formula is C22H15Cl2N3O3. The minimum absolute atomic E-state index is 0.266. The van der Waals surface area contributed by atoms with Gasteiger partial charge in [0.05, 0.1) is 27.5 Å². The van der Waals surface area contributed by atoms with E-state index in [-0.39, 0.29) is 10.9 Å². The van der Waals surface area contributed by atoms with E-state index in [1.807, 2.05) is 36.4 Å². The maximum atomic E-state index is 13.5. The first-order valence-corrected chi connectivity index (χ1v) is 10.1. The lowest BCUT2D eigenvalue weighted by molar-refractivity contribution is -0.126. The number of pyridine rings is 1. The number of hydrogen-bond acceptors (Lipinski definition) is 5. The number of nitrogens with zero attached hydrogens (tertiary/aromatic N) is 3. The zero-order valence-corrected chi connectivity index (χ0v) is 17.0. The van der Waals surface area contributed by atoms with Crippen molar-refractivity contribution in [2.24, 2.45) is 5.92 Å². The van der Waals surface area contributed by atoms with Crippen molar-refractivity contribution in [1.82, 2.24) is 4.98 Å². The molecule has 2 fully saturated rings. The van der Waals surface area contributed by atoms with Crippen molar-refractivity contribution >= 4 is 46.4 Å². The summed E-state index contributed by atoms with van der Waals surface area (Å²) in [5, 5.41) is 2.25. The standard InChI is InChI=1S/C22H15Cl2N3O3/c23-16-9-8-15(11-17(16)24)26-21(28)18-19(13-5-4-10-25-12-13)27(30-20(18)22(26)29)14-6-2-1-3-7-14/h1-12,18-20H/t18-,19-,20+/m0/s1. The van der Waals surface area contributed by atoms with Gasteiger partial charge in [0.1, 0.15) is 5.92 Å². The molecule has 6 nitrogen and oxygen atoms in total. The molecule has 2 aliphatic rings. The van der Waals surface area contributed by atoms with E-state index in [1.165, 1.54) is 6.07 Å². The summed E-state index contributed by atoms with van der Waals surface area (Å²) in [5.74, 6) is -1.51. The van der Waals surface area contributed by atoms with Gasteiger partial charge >= 0.3 is 0 Å². The van der Waals surface area contributed by atoms with E-state index in [1.54, 1.807) is 35.7 Å². The van der Waals surface area contributed by atoms with Gasteiger partial charge in [0.2, 0.25) is 5.91 Å². The summed E-state index contributed by atoms with van der Waals surface area (Å²) in [4.78, 5) is 38.0. The molecule has 0 radical (unpaired) electrons. The minimum atomic E-state index is -0.947.